The summed E-state index contributed by atoms with van der Waals surface area (Å²) in [5.41, 5.74) is 0.987. The summed E-state index contributed by atoms with van der Waals surface area (Å²) >= 11 is 16.9. The monoisotopic (exact) mass is 350 g/mol. The topological polar surface area (TPSA) is 9.23 Å². The van der Waals surface area contributed by atoms with E-state index in [-0.39, 0.29) is 0 Å². The Bertz CT molecular complexity index is 513. The fourth-order valence-corrected chi connectivity index (χ4v) is 3.12. The van der Waals surface area contributed by atoms with Crippen molar-refractivity contribution in [1.29, 1.82) is 0 Å². The molecule has 0 N–H and O–H groups in total. The zero-order valence-corrected chi connectivity index (χ0v) is 12.7. The Morgan fingerprint density at radius 1 is 1.29 bits per heavy atom. The van der Waals surface area contributed by atoms with Gasteiger partial charge in [-0.05, 0) is 45.1 Å². The lowest BCUT2D eigenvalue weighted by molar-refractivity contribution is 0.309. The molecule has 0 saturated carbocycles. The number of halogens is 3. The zero-order chi connectivity index (χ0) is 12.3. The predicted octanol–water partition coefficient (Wildman–Crippen LogP) is 5.48. The van der Waals surface area contributed by atoms with Crippen LogP contribution in [0.3, 0.4) is 0 Å². The first-order chi connectivity index (χ1) is 8.20. The van der Waals surface area contributed by atoms with Gasteiger partial charge in [0.2, 0.25) is 0 Å². The first kappa shape index (κ1) is 13.2. The number of benzene rings is 1. The van der Waals surface area contributed by atoms with Gasteiger partial charge in [-0.1, -0.05) is 17.7 Å². The SMILES string of the molecule is ClCc1ccc(OCc2sccc2Br)c(Cl)c1. The first-order valence-electron chi connectivity index (χ1n) is 4.90. The minimum Gasteiger partial charge on any atom is -0.486 e. The smallest absolute Gasteiger partial charge is 0.138 e. The maximum absolute atomic E-state index is 6.10. The molecule has 1 aromatic heterocycles. The van der Waals surface area contributed by atoms with Gasteiger partial charge in [0, 0.05) is 10.4 Å². The van der Waals surface area contributed by atoms with Crippen LogP contribution in [-0.2, 0) is 12.5 Å². The Kier molecular flexibility index (Phi) is 4.74. The number of hydrogen-bond acceptors (Lipinski definition) is 2. The van der Waals surface area contributed by atoms with Crippen LogP contribution in [0.4, 0.5) is 0 Å². The van der Waals surface area contributed by atoms with E-state index < -0.39 is 0 Å². The summed E-state index contributed by atoms with van der Waals surface area (Å²) in [6, 6.07) is 7.59. The van der Waals surface area contributed by atoms with Crippen molar-refractivity contribution >= 4 is 50.5 Å². The number of alkyl halides is 1. The van der Waals surface area contributed by atoms with E-state index in [2.05, 4.69) is 15.9 Å². The fourth-order valence-electron chi connectivity index (χ4n) is 1.32. The van der Waals surface area contributed by atoms with E-state index in [1.165, 1.54) is 0 Å². The molecule has 0 aliphatic heterocycles. The van der Waals surface area contributed by atoms with Crippen LogP contribution in [0.15, 0.2) is 34.1 Å². The predicted molar refractivity (Wildman–Crippen MR) is 77.4 cm³/mol. The first-order valence-corrected chi connectivity index (χ1v) is 7.48. The van der Waals surface area contributed by atoms with Crippen molar-refractivity contribution in [3.63, 3.8) is 0 Å². The molecular formula is C12H9BrCl2OS. The number of ether oxygens (including phenoxy) is 1. The fraction of sp³-hybridized carbons (Fsp3) is 0.167. The summed E-state index contributed by atoms with van der Waals surface area (Å²) < 4.78 is 6.73. The average Bonchev–Trinajstić information content (AvgIpc) is 2.73. The van der Waals surface area contributed by atoms with Gasteiger partial charge in [0.05, 0.1) is 9.90 Å². The highest BCUT2D eigenvalue weighted by Gasteiger charge is 2.06. The van der Waals surface area contributed by atoms with Crippen LogP contribution in [0.25, 0.3) is 0 Å². The third-order valence-corrected chi connectivity index (χ3v) is 4.70. The molecule has 0 unspecified atom stereocenters. The van der Waals surface area contributed by atoms with E-state index in [0.717, 1.165) is 14.9 Å². The Hall–Kier alpha value is -0.220. The molecule has 90 valence electrons. The van der Waals surface area contributed by atoms with E-state index in [1.54, 1.807) is 11.3 Å². The lowest BCUT2D eigenvalue weighted by atomic mass is 10.2. The molecule has 1 aromatic carbocycles. The Labute approximate surface area is 122 Å². The number of rotatable bonds is 4. The summed E-state index contributed by atoms with van der Waals surface area (Å²) in [5.74, 6) is 1.14. The van der Waals surface area contributed by atoms with Crippen molar-refractivity contribution in [1.82, 2.24) is 0 Å². The largest absolute Gasteiger partial charge is 0.486 e. The second kappa shape index (κ2) is 6.10. The molecule has 1 heterocycles. The molecule has 0 radical (unpaired) electrons. The van der Waals surface area contributed by atoms with Gasteiger partial charge in [0.15, 0.2) is 0 Å². The van der Waals surface area contributed by atoms with Gasteiger partial charge in [-0.15, -0.1) is 22.9 Å². The second-order valence-corrected chi connectivity index (χ2v) is 5.91. The average molecular weight is 352 g/mol. The lowest BCUT2D eigenvalue weighted by Crippen LogP contribution is -1.94. The van der Waals surface area contributed by atoms with Crippen LogP contribution in [0.2, 0.25) is 5.02 Å². The molecule has 0 aliphatic carbocycles. The zero-order valence-electron chi connectivity index (χ0n) is 8.75. The van der Waals surface area contributed by atoms with Gasteiger partial charge in [-0.2, -0.15) is 0 Å². The normalized spacial score (nSPS) is 10.5. The highest BCUT2D eigenvalue weighted by molar-refractivity contribution is 9.10. The molecular weight excluding hydrogens is 343 g/mol. The molecule has 0 spiro atoms. The lowest BCUT2D eigenvalue weighted by Gasteiger charge is -2.08. The van der Waals surface area contributed by atoms with Gasteiger partial charge in [0.25, 0.3) is 0 Å². The molecule has 0 atom stereocenters. The van der Waals surface area contributed by atoms with Gasteiger partial charge in [0.1, 0.15) is 12.4 Å². The number of thiophene rings is 1. The highest BCUT2D eigenvalue weighted by atomic mass is 79.9. The molecule has 0 fully saturated rings. The van der Waals surface area contributed by atoms with E-state index in [4.69, 9.17) is 27.9 Å². The summed E-state index contributed by atoms with van der Waals surface area (Å²) in [7, 11) is 0. The summed E-state index contributed by atoms with van der Waals surface area (Å²) in [4.78, 5) is 1.14. The van der Waals surface area contributed by atoms with Crippen molar-refractivity contribution in [2.45, 2.75) is 12.5 Å². The molecule has 0 saturated heterocycles. The minimum atomic E-state index is 0.455. The maximum Gasteiger partial charge on any atom is 0.138 e. The van der Waals surface area contributed by atoms with E-state index in [9.17, 15) is 0 Å². The van der Waals surface area contributed by atoms with Gasteiger partial charge in [-0.3, -0.25) is 0 Å². The van der Waals surface area contributed by atoms with Crippen LogP contribution < -0.4 is 4.74 Å². The van der Waals surface area contributed by atoms with E-state index in [0.29, 0.717) is 23.3 Å². The van der Waals surface area contributed by atoms with E-state index >= 15 is 0 Å². The molecule has 0 bridgehead atoms. The molecule has 2 rings (SSSR count). The van der Waals surface area contributed by atoms with Gasteiger partial charge in [-0.25, -0.2) is 0 Å². The van der Waals surface area contributed by atoms with Gasteiger partial charge >= 0.3 is 0 Å². The molecule has 17 heavy (non-hydrogen) atoms. The van der Waals surface area contributed by atoms with Crippen LogP contribution in [0.5, 0.6) is 5.75 Å². The maximum atomic E-state index is 6.10. The Morgan fingerprint density at radius 3 is 2.71 bits per heavy atom. The van der Waals surface area contributed by atoms with Crippen molar-refractivity contribution in [3.8, 4) is 5.75 Å². The van der Waals surface area contributed by atoms with Crippen molar-refractivity contribution in [2.24, 2.45) is 0 Å². The van der Waals surface area contributed by atoms with Crippen LogP contribution in [-0.4, -0.2) is 0 Å². The summed E-state index contributed by atoms with van der Waals surface area (Å²) in [6.07, 6.45) is 0. The third-order valence-electron chi connectivity index (χ3n) is 2.20. The molecule has 1 nitrogen and oxygen atoms in total. The second-order valence-electron chi connectivity index (χ2n) is 3.38. The van der Waals surface area contributed by atoms with Gasteiger partial charge < -0.3 is 4.74 Å². The molecule has 0 amide bonds. The Morgan fingerprint density at radius 2 is 2.12 bits per heavy atom. The van der Waals surface area contributed by atoms with Crippen molar-refractivity contribution in [2.75, 3.05) is 0 Å². The standard InChI is InChI=1S/C12H9BrCl2OS/c13-9-3-4-17-12(9)7-16-11-2-1-8(6-14)5-10(11)15/h1-5H,6-7H2. The molecule has 5 heteroatoms. The number of hydrogen-bond donors (Lipinski definition) is 0. The highest BCUT2D eigenvalue weighted by Crippen LogP contribution is 2.29. The third kappa shape index (κ3) is 3.38. The van der Waals surface area contributed by atoms with E-state index in [1.807, 2.05) is 29.6 Å². The van der Waals surface area contributed by atoms with Crippen molar-refractivity contribution < 1.29 is 4.74 Å². The quantitative estimate of drug-likeness (QED) is 0.662. The summed E-state index contributed by atoms with van der Waals surface area (Å²) in [6.45, 7) is 0.512. The summed E-state index contributed by atoms with van der Waals surface area (Å²) in [5, 5.41) is 2.61. The van der Waals surface area contributed by atoms with Crippen LogP contribution in [0.1, 0.15) is 10.4 Å². The van der Waals surface area contributed by atoms with Crippen LogP contribution >= 0.6 is 50.5 Å². The minimum absolute atomic E-state index is 0.455. The Balaban J connectivity index is 2.07. The van der Waals surface area contributed by atoms with Crippen molar-refractivity contribution in [3.05, 3.63) is 49.6 Å². The van der Waals surface area contributed by atoms with Crippen LogP contribution in [0, 0.1) is 0 Å². The molecule has 0 aliphatic rings. The molecule has 2 aromatic rings.